The third kappa shape index (κ3) is 6.08. The number of nitrogens with one attached hydrogen (secondary N) is 1. The summed E-state index contributed by atoms with van der Waals surface area (Å²) in [6, 6.07) is 17.3. The van der Waals surface area contributed by atoms with Crippen molar-refractivity contribution in [2.75, 3.05) is 26.9 Å². The number of carbonyl (C=O) groups excluding carboxylic acids is 1. The highest BCUT2D eigenvalue weighted by molar-refractivity contribution is 5.76. The first-order chi connectivity index (χ1) is 12.6. The SMILES string of the molecule is COc1ccccc1OCCC(=O)NC[C@](C)(CO)Cc1ccccc1. The number of para-hydroxylation sites is 2. The van der Waals surface area contributed by atoms with Gasteiger partial charge < -0.3 is 19.9 Å². The van der Waals surface area contributed by atoms with Gasteiger partial charge in [-0.1, -0.05) is 49.4 Å². The zero-order valence-corrected chi connectivity index (χ0v) is 15.4. The van der Waals surface area contributed by atoms with Gasteiger partial charge in [0.15, 0.2) is 11.5 Å². The van der Waals surface area contributed by atoms with Gasteiger partial charge in [-0.15, -0.1) is 0 Å². The van der Waals surface area contributed by atoms with Gasteiger partial charge in [-0.25, -0.2) is 0 Å². The third-order valence-electron chi connectivity index (χ3n) is 4.22. The zero-order chi connectivity index (χ0) is 18.8. The second-order valence-corrected chi connectivity index (χ2v) is 6.66. The van der Waals surface area contributed by atoms with Gasteiger partial charge in [-0.2, -0.15) is 0 Å². The molecular weight excluding hydrogens is 330 g/mol. The van der Waals surface area contributed by atoms with Crippen LogP contribution in [-0.2, 0) is 11.2 Å². The Hall–Kier alpha value is -2.53. The summed E-state index contributed by atoms with van der Waals surface area (Å²) in [4.78, 5) is 12.1. The summed E-state index contributed by atoms with van der Waals surface area (Å²) in [5, 5.41) is 12.7. The molecule has 1 atom stereocenters. The van der Waals surface area contributed by atoms with Gasteiger partial charge >= 0.3 is 0 Å². The van der Waals surface area contributed by atoms with Gasteiger partial charge in [0.2, 0.25) is 5.91 Å². The van der Waals surface area contributed by atoms with E-state index in [0.29, 0.717) is 24.5 Å². The van der Waals surface area contributed by atoms with Gasteiger partial charge in [0, 0.05) is 12.0 Å². The summed E-state index contributed by atoms with van der Waals surface area (Å²) in [6.07, 6.45) is 0.938. The largest absolute Gasteiger partial charge is 0.493 e. The number of aliphatic hydroxyl groups is 1. The lowest BCUT2D eigenvalue weighted by molar-refractivity contribution is -0.122. The summed E-state index contributed by atoms with van der Waals surface area (Å²) >= 11 is 0. The monoisotopic (exact) mass is 357 g/mol. The highest BCUT2D eigenvalue weighted by Gasteiger charge is 2.24. The van der Waals surface area contributed by atoms with Gasteiger partial charge in [0.05, 0.1) is 26.7 Å². The summed E-state index contributed by atoms with van der Waals surface area (Å²) in [6.45, 7) is 2.64. The molecule has 0 aromatic heterocycles. The summed E-state index contributed by atoms with van der Waals surface area (Å²) < 4.78 is 10.8. The normalized spacial score (nSPS) is 12.9. The van der Waals surface area contributed by atoms with Crippen molar-refractivity contribution in [2.45, 2.75) is 19.8 Å². The maximum Gasteiger partial charge on any atom is 0.223 e. The smallest absolute Gasteiger partial charge is 0.223 e. The Morgan fingerprint density at radius 3 is 2.38 bits per heavy atom. The molecule has 0 unspecified atom stereocenters. The van der Waals surface area contributed by atoms with Crippen LogP contribution in [-0.4, -0.2) is 37.9 Å². The Morgan fingerprint density at radius 2 is 1.73 bits per heavy atom. The van der Waals surface area contributed by atoms with Crippen molar-refractivity contribution in [1.29, 1.82) is 0 Å². The van der Waals surface area contributed by atoms with E-state index >= 15 is 0 Å². The van der Waals surface area contributed by atoms with Crippen molar-refractivity contribution in [3.05, 3.63) is 60.2 Å². The van der Waals surface area contributed by atoms with E-state index in [4.69, 9.17) is 9.47 Å². The van der Waals surface area contributed by atoms with Gasteiger partial charge in [0.25, 0.3) is 0 Å². The number of hydrogen-bond acceptors (Lipinski definition) is 4. The number of rotatable bonds is 10. The second-order valence-electron chi connectivity index (χ2n) is 6.66. The van der Waals surface area contributed by atoms with Crippen LogP contribution < -0.4 is 14.8 Å². The molecule has 0 fully saturated rings. The lowest BCUT2D eigenvalue weighted by Gasteiger charge is -2.27. The number of amides is 1. The van der Waals surface area contributed by atoms with Crippen molar-refractivity contribution < 1.29 is 19.4 Å². The van der Waals surface area contributed by atoms with Gasteiger partial charge in [-0.05, 0) is 24.1 Å². The minimum atomic E-state index is -0.402. The summed E-state index contributed by atoms with van der Waals surface area (Å²) in [5.74, 6) is 1.16. The van der Waals surface area contributed by atoms with Crippen LogP contribution in [0.25, 0.3) is 0 Å². The molecule has 5 heteroatoms. The van der Waals surface area contributed by atoms with Crippen LogP contribution in [0.4, 0.5) is 0 Å². The molecule has 2 rings (SSSR count). The Labute approximate surface area is 155 Å². The molecule has 1 amide bonds. The highest BCUT2D eigenvalue weighted by Crippen LogP contribution is 2.25. The molecular formula is C21H27NO4. The quantitative estimate of drug-likeness (QED) is 0.686. The molecule has 5 nitrogen and oxygen atoms in total. The maximum atomic E-state index is 12.1. The van der Waals surface area contributed by atoms with Crippen LogP contribution in [0.2, 0.25) is 0 Å². The van der Waals surface area contributed by atoms with Crippen molar-refractivity contribution in [2.24, 2.45) is 5.41 Å². The van der Waals surface area contributed by atoms with E-state index in [1.807, 2.05) is 55.5 Å². The van der Waals surface area contributed by atoms with Crippen LogP contribution in [0, 0.1) is 5.41 Å². The first-order valence-corrected chi connectivity index (χ1v) is 8.73. The van der Waals surface area contributed by atoms with Crippen molar-refractivity contribution >= 4 is 5.91 Å². The molecule has 0 heterocycles. The van der Waals surface area contributed by atoms with Crippen molar-refractivity contribution in [1.82, 2.24) is 5.32 Å². The lowest BCUT2D eigenvalue weighted by Crippen LogP contribution is -2.39. The van der Waals surface area contributed by atoms with Crippen LogP contribution in [0.1, 0.15) is 18.9 Å². The van der Waals surface area contributed by atoms with Crippen LogP contribution >= 0.6 is 0 Å². The van der Waals surface area contributed by atoms with Crippen LogP contribution in [0.5, 0.6) is 11.5 Å². The minimum absolute atomic E-state index is 0.000111. The molecule has 0 saturated heterocycles. The number of hydrogen-bond donors (Lipinski definition) is 2. The topological polar surface area (TPSA) is 67.8 Å². The first-order valence-electron chi connectivity index (χ1n) is 8.73. The highest BCUT2D eigenvalue weighted by atomic mass is 16.5. The predicted octanol–water partition coefficient (Wildman–Crippen LogP) is 2.82. The van der Waals surface area contributed by atoms with E-state index in [-0.39, 0.29) is 25.5 Å². The molecule has 140 valence electrons. The molecule has 0 saturated carbocycles. The van der Waals surface area contributed by atoms with E-state index in [0.717, 1.165) is 5.56 Å². The van der Waals surface area contributed by atoms with E-state index in [2.05, 4.69) is 5.32 Å². The number of ether oxygens (including phenoxy) is 2. The second kappa shape index (κ2) is 9.82. The molecule has 2 aromatic carbocycles. The number of carbonyl (C=O) groups is 1. The van der Waals surface area contributed by atoms with Crippen LogP contribution in [0.15, 0.2) is 54.6 Å². The molecule has 2 aromatic rings. The maximum absolute atomic E-state index is 12.1. The standard InChI is InChI=1S/C21H27NO4/c1-21(16-23,14-17-8-4-3-5-9-17)15-22-20(24)12-13-26-19-11-7-6-10-18(19)25-2/h3-11,23H,12-16H2,1-2H3,(H,22,24)/t21-/m1/s1. The van der Waals surface area contributed by atoms with Crippen molar-refractivity contribution in [3.63, 3.8) is 0 Å². The third-order valence-corrected chi connectivity index (χ3v) is 4.22. The van der Waals surface area contributed by atoms with E-state index in [1.165, 1.54) is 0 Å². The zero-order valence-electron chi connectivity index (χ0n) is 15.4. The van der Waals surface area contributed by atoms with E-state index in [1.54, 1.807) is 13.2 Å². The van der Waals surface area contributed by atoms with Crippen LogP contribution in [0.3, 0.4) is 0 Å². The summed E-state index contributed by atoms with van der Waals surface area (Å²) in [5.41, 5.74) is 0.735. The van der Waals surface area contributed by atoms with Gasteiger partial charge in [0.1, 0.15) is 0 Å². The molecule has 2 N–H and O–H groups in total. The molecule has 0 bridgehead atoms. The summed E-state index contributed by atoms with van der Waals surface area (Å²) in [7, 11) is 1.58. The average molecular weight is 357 g/mol. The fraction of sp³-hybridized carbons (Fsp3) is 0.381. The Balaban J connectivity index is 1.78. The molecule has 26 heavy (non-hydrogen) atoms. The van der Waals surface area contributed by atoms with Gasteiger partial charge in [-0.3, -0.25) is 4.79 Å². The lowest BCUT2D eigenvalue weighted by atomic mass is 9.84. The van der Waals surface area contributed by atoms with E-state index < -0.39 is 5.41 Å². The Bertz CT molecular complexity index is 689. The predicted molar refractivity (Wildman–Crippen MR) is 101 cm³/mol. The first kappa shape index (κ1) is 19.8. The fourth-order valence-electron chi connectivity index (χ4n) is 2.66. The Morgan fingerprint density at radius 1 is 1.08 bits per heavy atom. The van der Waals surface area contributed by atoms with Crippen molar-refractivity contribution in [3.8, 4) is 11.5 Å². The number of benzene rings is 2. The molecule has 0 aliphatic heterocycles. The van der Waals surface area contributed by atoms with E-state index in [9.17, 15) is 9.90 Å². The molecule has 0 spiro atoms. The molecule has 0 radical (unpaired) electrons. The minimum Gasteiger partial charge on any atom is -0.493 e. The fourth-order valence-corrected chi connectivity index (χ4v) is 2.66. The number of aliphatic hydroxyl groups excluding tert-OH is 1. The number of methoxy groups -OCH3 is 1. The molecule has 0 aliphatic carbocycles. The molecule has 0 aliphatic rings. The average Bonchev–Trinajstić information content (AvgIpc) is 2.67. The Kier molecular flexibility index (Phi) is 7.48.